The third kappa shape index (κ3) is 4.68. The summed E-state index contributed by atoms with van der Waals surface area (Å²) in [6, 6.07) is 2.89. The zero-order valence-corrected chi connectivity index (χ0v) is 14.6. The number of pyridine rings is 1. The Labute approximate surface area is 140 Å². The molecule has 1 unspecified atom stereocenters. The predicted molar refractivity (Wildman–Crippen MR) is 90.6 cm³/mol. The van der Waals surface area contributed by atoms with E-state index in [4.69, 9.17) is 11.6 Å². The average molecular weight is 356 g/mol. The van der Waals surface area contributed by atoms with Gasteiger partial charge in [-0.1, -0.05) is 24.9 Å². The van der Waals surface area contributed by atoms with Gasteiger partial charge in [-0.15, -0.1) is 0 Å². The highest BCUT2D eigenvalue weighted by Crippen LogP contribution is 2.19. The molecule has 0 aliphatic carbocycles. The molecule has 0 bridgehead atoms. The highest BCUT2D eigenvalue weighted by molar-refractivity contribution is 7.90. The fourth-order valence-corrected chi connectivity index (χ4v) is 3.03. The standard InChI is InChI=1S/C15H18ClN3O3S/c1-3-4-10-8-17-13(16)7-12(15(10)20)19-14-6-5-11(9-18-14)23(2,21)22/h5-6,9-10H,3-4,7-8H2,1-2H3. The fraction of sp³-hybridized carbons (Fsp3) is 0.467. The van der Waals surface area contributed by atoms with Gasteiger partial charge in [0.1, 0.15) is 5.17 Å². The van der Waals surface area contributed by atoms with Gasteiger partial charge in [-0.3, -0.25) is 9.79 Å². The van der Waals surface area contributed by atoms with Gasteiger partial charge in [-0.25, -0.2) is 18.4 Å². The van der Waals surface area contributed by atoms with Gasteiger partial charge in [-0.05, 0) is 18.6 Å². The molecule has 0 saturated heterocycles. The summed E-state index contributed by atoms with van der Waals surface area (Å²) in [4.78, 5) is 25.1. The molecule has 1 aromatic heterocycles. The Bertz CT molecular complexity index is 755. The number of Topliss-reactive ketones (excluding diaryl/α,β-unsaturated/α-hetero) is 1. The normalized spacial score (nSPS) is 21.2. The van der Waals surface area contributed by atoms with Gasteiger partial charge in [0.25, 0.3) is 0 Å². The summed E-state index contributed by atoms with van der Waals surface area (Å²) in [5, 5.41) is 0.350. The van der Waals surface area contributed by atoms with Crippen LogP contribution in [0.3, 0.4) is 0 Å². The lowest BCUT2D eigenvalue weighted by Gasteiger charge is -2.10. The van der Waals surface area contributed by atoms with Crippen molar-refractivity contribution in [2.24, 2.45) is 15.9 Å². The molecule has 0 N–H and O–H groups in total. The summed E-state index contributed by atoms with van der Waals surface area (Å²) in [5.74, 6) is -0.00658. The van der Waals surface area contributed by atoms with Gasteiger partial charge >= 0.3 is 0 Å². The van der Waals surface area contributed by atoms with E-state index in [-0.39, 0.29) is 28.8 Å². The molecule has 124 valence electrons. The molecule has 0 saturated carbocycles. The number of hydrogen-bond acceptors (Lipinski definition) is 6. The van der Waals surface area contributed by atoms with Crippen molar-refractivity contribution in [3.05, 3.63) is 18.3 Å². The second kappa shape index (κ2) is 7.31. The highest BCUT2D eigenvalue weighted by atomic mass is 35.5. The van der Waals surface area contributed by atoms with Crippen LogP contribution in [0, 0.1) is 5.92 Å². The van der Waals surface area contributed by atoms with Crippen LogP contribution in [0.25, 0.3) is 0 Å². The number of aliphatic imine (C=N–C) groups is 2. The minimum absolute atomic E-state index is 0.0692. The zero-order chi connectivity index (χ0) is 17.0. The summed E-state index contributed by atoms with van der Waals surface area (Å²) in [5.41, 5.74) is 0.314. The van der Waals surface area contributed by atoms with Gasteiger partial charge < -0.3 is 0 Å². The summed E-state index contributed by atoms with van der Waals surface area (Å²) in [7, 11) is -3.31. The van der Waals surface area contributed by atoms with Crippen LogP contribution in [0.2, 0.25) is 0 Å². The van der Waals surface area contributed by atoms with Crippen LogP contribution in [0.15, 0.2) is 33.2 Å². The molecule has 1 aliphatic rings. The Morgan fingerprint density at radius 1 is 1.39 bits per heavy atom. The van der Waals surface area contributed by atoms with Gasteiger partial charge in [0.15, 0.2) is 21.4 Å². The third-order valence-electron chi connectivity index (χ3n) is 3.49. The number of aromatic nitrogens is 1. The molecule has 23 heavy (non-hydrogen) atoms. The Hall–Kier alpha value is -1.60. The first-order valence-electron chi connectivity index (χ1n) is 7.28. The molecular formula is C15H18ClN3O3S. The number of halogens is 1. The SMILES string of the molecule is CCCC1CN=C(Cl)CC(=Nc2ccc(S(C)(=O)=O)cn2)C1=O. The Balaban J connectivity index is 2.32. The molecule has 0 amide bonds. The van der Waals surface area contributed by atoms with Crippen molar-refractivity contribution in [3.63, 3.8) is 0 Å². The minimum atomic E-state index is -3.31. The first-order chi connectivity index (χ1) is 10.8. The van der Waals surface area contributed by atoms with Crippen LogP contribution < -0.4 is 0 Å². The van der Waals surface area contributed by atoms with E-state index in [0.717, 1.165) is 19.1 Å². The van der Waals surface area contributed by atoms with Crippen molar-refractivity contribution in [2.45, 2.75) is 31.1 Å². The van der Waals surface area contributed by atoms with Crippen molar-refractivity contribution in [2.75, 3.05) is 12.8 Å². The number of nitrogens with zero attached hydrogens (tertiary/aromatic N) is 3. The van der Waals surface area contributed by atoms with E-state index in [2.05, 4.69) is 15.0 Å². The van der Waals surface area contributed by atoms with E-state index < -0.39 is 9.84 Å². The molecule has 1 aromatic rings. The summed E-state index contributed by atoms with van der Waals surface area (Å²) >= 11 is 6.02. The Morgan fingerprint density at radius 2 is 2.13 bits per heavy atom. The molecule has 1 aliphatic heterocycles. The molecule has 0 spiro atoms. The Morgan fingerprint density at radius 3 is 2.70 bits per heavy atom. The molecule has 6 nitrogen and oxygen atoms in total. The van der Waals surface area contributed by atoms with E-state index in [1.54, 1.807) is 0 Å². The van der Waals surface area contributed by atoms with E-state index >= 15 is 0 Å². The molecular weight excluding hydrogens is 338 g/mol. The predicted octanol–water partition coefficient (Wildman–Crippen LogP) is 2.58. The topological polar surface area (TPSA) is 88.8 Å². The summed E-state index contributed by atoms with van der Waals surface area (Å²) in [6.45, 7) is 2.39. The van der Waals surface area contributed by atoms with Crippen molar-refractivity contribution in [3.8, 4) is 0 Å². The van der Waals surface area contributed by atoms with E-state index in [9.17, 15) is 13.2 Å². The quantitative estimate of drug-likeness (QED) is 0.830. The number of carbonyl (C=O) groups excluding carboxylic acids is 1. The van der Waals surface area contributed by atoms with Crippen molar-refractivity contribution >= 4 is 43.9 Å². The number of rotatable bonds is 4. The molecule has 8 heteroatoms. The van der Waals surface area contributed by atoms with Gasteiger partial charge in [0, 0.05) is 24.8 Å². The van der Waals surface area contributed by atoms with E-state index in [0.29, 0.717) is 17.4 Å². The van der Waals surface area contributed by atoms with Gasteiger partial charge in [-0.2, -0.15) is 0 Å². The number of carbonyl (C=O) groups is 1. The van der Waals surface area contributed by atoms with Crippen molar-refractivity contribution in [1.82, 2.24) is 4.98 Å². The highest BCUT2D eigenvalue weighted by Gasteiger charge is 2.26. The smallest absolute Gasteiger partial charge is 0.182 e. The lowest BCUT2D eigenvalue weighted by Crippen LogP contribution is -2.24. The molecule has 0 radical (unpaired) electrons. The molecule has 0 aromatic carbocycles. The van der Waals surface area contributed by atoms with E-state index in [1.807, 2.05) is 6.92 Å². The van der Waals surface area contributed by atoms with Gasteiger partial charge in [0.2, 0.25) is 0 Å². The number of hydrogen-bond donors (Lipinski definition) is 0. The lowest BCUT2D eigenvalue weighted by atomic mass is 9.95. The minimum Gasteiger partial charge on any atom is -0.292 e. The Kier molecular flexibility index (Phi) is 5.64. The second-order valence-corrected chi connectivity index (χ2v) is 7.88. The fourth-order valence-electron chi connectivity index (χ4n) is 2.27. The second-order valence-electron chi connectivity index (χ2n) is 5.43. The largest absolute Gasteiger partial charge is 0.292 e. The molecule has 2 rings (SSSR count). The van der Waals surface area contributed by atoms with Crippen LogP contribution in [0.4, 0.5) is 5.82 Å². The molecule has 2 heterocycles. The zero-order valence-electron chi connectivity index (χ0n) is 13.0. The summed E-state index contributed by atoms with van der Waals surface area (Å²) < 4.78 is 22.9. The van der Waals surface area contributed by atoms with Crippen LogP contribution in [-0.4, -0.2) is 42.9 Å². The number of ketones is 1. The van der Waals surface area contributed by atoms with Gasteiger partial charge in [0.05, 0.1) is 17.2 Å². The van der Waals surface area contributed by atoms with Crippen LogP contribution >= 0.6 is 11.6 Å². The monoisotopic (exact) mass is 355 g/mol. The van der Waals surface area contributed by atoms with Crippen LogP contribution in [0.1, 0.15) is 26.2 Å². The van der Waals surface area contributed by atoms with Crippen molar-refractivity contribution in [1.29, 1.82) is 0 Å². The lowest BCUT2D eigenvalue weighted by molar-refractivity contribution is -0.116. The van der Waals surface area contributed by atoms with Crippen LogP contribution in [0.5, 0.6) is 0 Å². The maximum Gasteiger partial charge on any atom is 0.182 e. The number of sulfone groups is 1. The van der Waals surface area contributed by atoms with E-state index in [1.165, 1.54) is 18.3 Å². The maximum absolute atomic E-state index is 12.5. The third-order valence-corrected chi connectivity index (χ3v) is 4.84. The van der Waals surface area contributed by atoms with Crippen molar-refractivity contribution < 1.29 is 13.2 Å². The average Bonchev–Trinajstić information content (AvgIpc) is 2.61. The first kappa shape index (κ1) is 17.7. The maximum atomic E-state index is 12.5. The summed E-state index contributed by atoms with van der Waals surface area (Å²) in [6.07, 6.45) is 4.12. The first-order valence-corrected chi connectivity index (χ1v) is 9.55. The molecule has 0 fully saturated rings. The van der Waals surface area contributed by atoms with Crippen LogP contribution in [-0.2, 0) is 14.6 Å². The molecule has 1 atom stereocenters.